The molecular weight excluding hydrogens is 208 g/mol. The molecule has 0 aromatic carbocycles. The van der Waals surface area contributed by atoms with E-state index in [9.17, 15) is 4.79 Å². The maximum Gasteiger partial charge on any atom is 0.356 e. The van der Waals surface area contributed by atoms with Crippen molar-refractivity contribution in [1.82, 2.24) is 9.78 Å². The van der Waals surface area contributed by atoms with E-state index in [-0.39, 0.29) is 11.2 Å². The Hall–Kier alpha value is -1.36. The van der Waals surface area contributed by atoms with Crippen LogP contribution in [-0.2, 0) is 23.3 Å². The first kappa shape index (κ1) is 11.1. The molecule has 0 aliphatic carbocycles. The van der Waals surface area contributed by atoms with Crippen molar-refractivity contribution in [3.63, 3.8) is 0 Å². The lowest BCUT2D eigenvalue weighted by molar-refractivity contribution is 0.0686. The number of nitrogens with zero attached hydrogens (tertiary/aromatic N) is 2. The molecule has 0 unspecified atom stereocenters. The Balaban J connectivity index is 2.59. The van der Waals surface area contributed by atoms with Gasteiger partial charge in [-0.3, -0.25) is 4.68 Å². The van der Waals surface area contributed by atoms with Crippen LogP contribution in [0, 0.1) is 0 Å². The number of hydrogen-bond acceptors (Lipinski definition) is 3. The molecule has 0 saturated carbocycles. The topological polar surface area (TPSA) is 64.4 Å². The number of carbonyl (C=O) groups is 1. The van der Waals surface area contributed by atoms with Gasteiger partial charge in [-0.1, -0.05) is 0 Å². The van der Waals surface area contributed by atoms with Crippen LogP contribution in [0.2, 0.25) is 0 Å². The highest BCUT2D eigenvalue weighted by Gasteiger charge is 2.29. The molecule has 5 nitrogen and oxygen atoms in total. The maximum absolute atomic E-state index is 11.1. The lowest BCUT2D eigenvalue weighted by atomic mass is 10.1. The van der Waals surface area contributed by atoms with Crippen molar-refractivity contribution in [1.29, 1.82) is 0 Å². The van der Waals surface area contributed by atoms with Gasteiger partial charge in [0, 0.05) is 12.0 Å². The van der Waals surface area contributed by atoms with E-state index in [0.717, 1.165) is 11.3 Å². The number of carboxylic acid groups (broad SMARTS) is 1. The normalized spacial score (nSPS) is 15.9. The van der Waals surface area contributed by atoms with Gasteiger partial charge >= 0.3 is 5.97 Å². The Morgan fingerprint density at radius 3 is 2.75 bits per heavy atom. The van der Waals surface area contributed by atoms with Crippen LogP contribution in [-0.4, -0.2) is 27.5 Å². The predicted molar refractivity (Wildman–Crippen MR) is 57.5 cm³/mol. The minimum Gasteiger partial charge on any atom is -0.476 e. The second-order valence-electron chi connectivity index (χ2n) is 4.96. The smallest absolute Gasteiger partial charge is 0.356 e. The van der Waals surface area contributed by atoms with E-state index in [2.05, 4.69) is 5.10 Å². The molecule has 0 saturated heterocycles. The summed E-state index contributed by atoms with van der Waals surface area (Å²) in [4.78, 5) is 11.1. The van der Waals surface area contributed by atoms with Gasteiger partial charge in [-0.2, -0.15) is 5.10 Å². The molecule has 16 heavy (non-hydrogen) atoms. The molecule has 1 aromatic heterocycles. The molecule has 1 aromatic rings. The van der Waals surface area contributed by atoms with Crippen LogP contribution in [0.5, 0.6) is 0 Å². The van der Waals surface area contributed by atoms with Gasteiger partial charge in [0.25, 0.3) is 0 Å². The van der Waals surface area contributed by atoms with Crippen LogP contribution in [0.1, 0.15) is 42.5 Å². The summed E-state index contributed by atoms with van der Waals surface area (Å²) in [5.41, 5.74) is 1.68. The molecule has 1 aliphatic rings. The van der Waals surface area contributed by atoms with Crippen molar-refractivity contribution < 1.29 is 14.6 Å². The number of rotatable bonds is 1. The second-order valence-corrected chi connectivity index (χ2v) is 4.96. The van der Waals surface area contributed by atoms with Gasteiger partial charge in [0.2, 0.25) is 0 Å². The van der Waals surface area contributed by atoms with Crippen LogP contribution in [0.25, 0.3) is 0 Å². The minimum atomic E-state index is -0.957. The molecule has 1 N–H and O–H groups in total. The number of hydrogen-bond donors (Lipinski definition) is 1. The first-order valence-electron chi connectivity index (χ1n) is 5.33. The highest BCUT2D eigenvalue weighted by Crippen LogP contribution is 2.26. The molecule has 5 heteroatoms. The first-order chi connectivity index (χ1) is 7.41. The Labute approximate surface area is 94.0 Å². The number of carboxylic acids is 1. The Morgan fingerprint density at radius 1 is 1.50 bits per heavy atom. The summed E-state index contributed by atoms with van der Waals surface area (Å²) in [6.45, 7) is 7.03. The number of aromatic nitrogens is 2. The summed E-state index contributed by atoms with van der Waals surface area (Å²) in [6, 6.07) is 0. The zero-order valence-corrected chi connectivity index (χ0v) is 9.78. The van der Waals surface area contributed by atoms with Crippen molar-refractivity contribution in [3.8, 4) is 0 Å². The van der Waals surface area contributed by atoms with Crippen molar-refractivity contribution in [3.05, 3.63) is 17.0 Å². The molecule has 2 rings (SSSR count). The van der Waals surface area contributed by atoms with E-state index in [1.54, 1.807) is 4.68 Å². The molecule has 0 amide bonds. The highest BCUT2D eigenvalue weighted by molar-refractivity contribution is 5.87. The largest absolute Gasteiger partial charge is 0.476 e. The Bertz CT molecular complexity index is 429. The van der Waals surface area contributed by atoms with Gasteiger partial charge in [0.15, 0.2) is 5.69 Å². The average molecular weight is 224 g/mol. The van der Waals surface area contributed by atoms with E-state index >= 15 is 0 Å². The number of fused-ring (bicyclic) bond motifs is 1. The van der Waals surface area contributed by atoms with Gasteiger partial charge in [-0.15, -0.1) is 0 Å². The molecule has 88 valence electrons. The number of aromatic carboxylic acids is 1. The third-order valence-electron chi connectivity index (χ3n) is 2.66. The average Bonchev–Trinajstić information content (AvgIpc) is 2.56. The minimum absolute atomic E-state index is 0.174. The van der Waals surface area contributed by atoms with Crippen molar-refractivity contribution in [2.75, 3.05) is 6.61 Å². The van der Waals surface area contributed by atoms with E-state index in [0.29, 0.717) is 19.6 Å². The second kappa shape index (κ2) is 3.59. The van der Waals surface area contributed by atoms with Crippen molar-refractivity contribution >= 4 is 5.97 Å². The lowest BCUT2D eigenvalue weighted by Crippen LogP contribution is -2.27. The quantitative estimate of drug-likeness (QED) is 0.783. The number of ether oxygens (including phenoxy) is 1. The fraction of sp³-hybridized carbons (Fsp3) is 0.636. The Kier molecular flexibility index (Phi) is 2.50. The first-order valence-corrected chi connectivity index (χ1v) is 5.33. The molecule has 0 atom stereocenters. The van der Waals surface area contributed by atoms with E-state index in [4.69, 9.17) is 9.84 Å². The van der Waals surface area contributed by atoms with Gasteiger partial charge in [0.05, 0.1) is 24.4 Å². The Morgan fingerprint density at radius 2 is 2.19 bits per heavy atom. The molecule has 0 fully saturated rings. The van der Waals surface area contributed by atoms with Crippen LogP contribution in [0.4, 0.5) is 0 Å². The summed E-state index contributed by atoms with van der Waals surface area (Å²) in [5.74, 6) is -0.957. The van der Waals surface area contributed by atoms with E-state index in [1.807, 2.05) is 20.8 Å². The standard InChI is InChI=1S/C11H16N2O3/c1-11(2,3)13-8-6-16-5-4-7(8)9(12-13)10(14)15/h4-6H2,1-3H3,(H,14,15). The summed E-state index contributed by atoms with van der Waals surface area (Å²) < 4.78 is 7.14. The van der Waals surface area contributed by atoms with E-state index in [1.165, 1.54) is 0 Å². The van der Waals surface area contributed by atoms with Gasteiger partial charge in [0.1, 0.15) is 0 Å². The third-order valence-corrected chi connectivity index (χ3v) is 2.66. The molecule has 2 heterocycles. The van der Waals surface area contributed by atoms with Crippen LogP contribution in [0.15, 0.2) is 0 Å². The van der Waals surface area contributed by atoms with Crippen LogP contribution < -0.4 is 0 Å². The van der Waals surface area contributed by atoms with Crippen LogP contribution >= 0.6 is 0 Å². The third kappa shape index (κ3) is 1.71. The highest BCUT2D eigenvalue weighted by atomic mass is 16.5. The van der Waals surface area contributed by atoms with Crippen molar-refractivity contribution in [2.45, 2.75) is 39.3 Å². The van der Waals surface area contributed by atoms with Gasteiger partial charge in [-0.05, 0) is 20.8 Å². The van der Waals surface area contributed by atoms with Gasteiger partial charge < -0.3 is 9.84 Å². The molecule has 1 aliphatic heterocycles. The molecule has 0 spiro atoms. The predicted octanol–water partition coefficient (Wildman–Crippen LogP) is 1.41. The molecular formula is C11H16N2O3. The monoisotopic (exact) mass is 224 g/mol. The fourth-order valence-electron chi connectivity index (χ4n) is 1.97. The summed E-state index contributed by atoms with van der Waals surface area (Å²) in [5, 5.41) is 13.3. The summed E-state index contributed by atoms with van der Waals surface area (Å²) in [7, 11) is 0. The molecule has 0 radical (unpaired) electrons. The fourth-order valence-corrected chi connectivity index (χ4v) is 1.97. The van der Waals surface area contributed by atoms with Crippen molar-refractivity contribution in [2.24, 2.45) is 0 Å². The van der Waals surface area contributed by atoms with Crippen LogP contribution in [0.3, 0.4) is 0 Å². The molecule has 0 bridgehead atoms. The zero-order chi connectivity index (χ0) is 11.9. The summed E-state index contributed by atoms with van der Waals surface area (Å²) in [6.07, 6.45) is 0.632. The maximum atomic E-state index is 11.1. The SMILES string of the molecule is CC(C)(C)n1nc(C(=O)O)c2c1COCC2. The summed E-state index contributed by atoms with van der Waals surface area (Å²) >= 11 is 0. The zero-order valence-electron chi connectivity index (χ0n) is 9.78. The van der Waals surface area contributed by atoms with Gasteiger partial charge in [-0.25, -0.2) is 4.79 Å². The van der Waals surface area contributed by atoms with E-state index < -0.39 is 5.97 Å². The lowest BCUT2D eigenvalue weighted by Gasteiger charge is -2.24.